The first-order chi connectivity index (χ1) is 16.0. The zero-order chi connectivity index (χ0) is 23.6. The summed E-state index contributed by atoms with van der Waals surface area (Å²) < 4.78 is 22.0. The smallest absolute Gasteiger partial charge is 0.224 e. The van der Waals surface area contributed by atoms with E-state index in [2.05, 4.69) is 16.6 Å². The highest BCUT2D eigenvalue weighted by Gasteiger charge is 2.23. The van der Waals surface area contributed by atoms with E-state index in [1.165, 1.54) is 0 Å². The Balaban J connectivity index is 0.00000408. The predicted molar refractivity (Wildman–Crippen MR) is 133 cm³/mol. The van der Waals surface area contributed by atoms with E-state index in [0.29, 0.717) is 54.6 Å². The van der Waals surface area contributed by atoms with E-state index in [-0.39, 0.29) is 31.5 Å². The second-order valence-electron chi connectivity index (χ2n) is 7.56. The van der Waals surface area contributed by atoms with Gasteiger partial charge in [-0.05, 0) is 49.2 Å². The summed E-state index contributed by atoms with van der Waals surface area (Å²) in [4.78, 5) is 11.8. The average Bonchev–Trinajstić information content (AvgIpc) is 2.84. The number of carbonyl (C=O) groups excluding carboxylic acids is 1. The number of aliphatic hydroxyl groups is 1. The van der Waals surface area contributed by atoms with Crippen LogP contribution in [-0.2, 0) is 17.6 Å². The highest BCUT2D eigenvalue weighted by atomic mass is 35.5. The van der Waals surface area contributed by atoms with Crippen LogP contribution in [0.4, 0.5) is 5.69 Å². The largest absolute Gasteiger partial charge is 0.493 e. The predicted octanol–water partition coefficient (Wildman–Crippen LogP) is 2.59. The number of rotatable bonds is 12. The second-order valence-corrected chi connectivity index (χ2v) is 7.56. The van der Waals surface area contributed by atoms with Crippen LogP contribution in [0.25, 0.3) is 0 Å². The van der Waals surface area contributed by atoms with Gasteiger partial charge in [-0.15, -0.1) is 18.8 Å². The van der Waals surface area contributed by atoms with Gasteiger partial charge in [0.25, 0.3) is 0 Å². The number of hydrogen-bond donors (Lipinski definition) is 3. The molecule has 1 unspecified atom stereocenters. The molecule has 0 aliphatic carbocycles. The number of hydrogen-bond acceptors (Lipinski definition) is 7. The number of methoxy groups -OCH3 is 2. The van der Waals surface area contributed by atoms with Gasteiger partial charge in [-0.25, -0.2) is 0 Å². The summed E-state index contributed by atoms with van der Waals surface area (Å²) in [5.41, 5.74) is 2.53. The number of halogens is 1. The molecule has 0 aromatic heterocycles. The minimum Gasteiger partial charge on any atom is -0.493 e. The van der Waals surface area contributed by atoms with Crippen molar-refractivity contribution in [3.63, 3.8) is 0 Å². The maximum absolute atomic E-state index is 11.8. The molecule has 0 saturated heterocycles. The Morgan fingerprint density at radius 3 is 2.56 bits per heavy atom. The number of anilines is 1. The Bertz CT molecular complexity index is 1010. The minimum absolute atomic E-state index is 0. The summed E-state index contributed by atoms with van der Waals surface area (Å²) in [5, 5.41) is 16.4. The third kappa shape index (κ3) is 7.19. The number of benzene rings is 2. The maximum Gasteiger partial charge on any atom is 0.224 e. The van der Waals surface area contributed by atoms with Crippen molar-refractivity contribution in [2.45, 2.75) is 25.4 Å². The highest BCUT2D eigenvalue weighted by Crippen LogP contribution is 2.39. The molecule has 1 heterocycles. The molecule has 0 fully saturated rings. The number of amides is 1. The van der Waals surface area contributed by atoms with Crippen molar-refractivity contribution in [1.29, 1.82) is 0 Å². The molecular weight excluding hydrogens is 460 g/mol. The third-order valence-electron chi connectivity index (χ3n) is 5.26. The zero-order valence-corrected chi connectivity index (χ0v) is 20.2. The Labute approximate surface area is 206 Å². The lowest BCUT2D eigenvalue weighted by Gasteiger charge is -2.23. The van der Waals surface area contributed by atoms with Crippen LogP contribution in [-0.4, -0.2) is 57.6 Å². The van der Waals surface area contributed by atoms with Gasteiger partial charge in [0.2, 0.25) is 5.91 Å². The number of terminal acetylenes is 1. The second kappa shape index (κ2) is 13.6. The monoisotopic (exact) mass is 490 g/mol. The van der Waals surface area contributed by atoms with Gasteiger partial charge in [-0.2, -0.15) is 0 Å². The molecule has 9 heteroatoms. The molecule has 2 aromatic carbocycles. The van der Waals surface area contributed by atoms with Crippen molar-refractivity contribution in [3.8, 4) is 35.3 Å². The van der Waals surface area contributed by atoms with E-state index in [4.69, 9.17) is 25.4 Å². The summed E-state index contributed by atoms with van der Waals surface area (Å²) >= 11 is 0. The fraction of sp³-hybridized carbons (Fsp3) is 0.400. The van der Waals surface area contributed by atoms with Gasteiger partial charge in [0.05, 0.1) is 19.9 Å². The SMILES string of the molecule is C#CCOc1ccc(OCC(O)CNCCc2ccc(OC)c(OC)c2)c2c1NC(=O)CC2.Cl. The van der Waals surface area contributed by atoms with Crippen LogP contribution in [0.3, 0.4) is 0 Å². The van der Waals surface area contributed by atoms with E-state index >= 15 is 0 Å². The van der Waals surface area contributed by atoms with Crippen LogP contribution in [0.5, 0.6) is 23.0 Å². The number of nitrogens with one attached hydrogen (secondary N) is 2. The van der Waals surface area contributed by atoms with Crippen LogP contribution >= 0.6 is 12.4 Å². The molecule has 0 spiro atoms. The quantitative estimate of drug-likeness (QED) is 0.311. The van der Waals surface area contributed by atoms with Gasteiger partial charge in [-0.3, -0.25) is 4.79 Å². The highest BCUT2D eigenvalue weighted by molar-refractivity contribution is 5.96. The van der Waals surface area contributed by atoms with E-state index in [1.807, 2.05) is 18.2 Å². The first kappa shape index (κ1) is 27.1. The Kier molecular flexibility index (Phi) is 10.8. The molecule has 1 aliphatic heterocycles. The molecule has 34 heavy (non-hydrogen) atoms. The summed E-state index contributed by atoms with van der Waals surface area (Å²) in [6, 6.07) is 9.30. The van der Waals surface area contributed by atoms with Gasteiger partial charge in [0.15, 0.2) is 11.5 Å². The summed E-state index contributed by atoms with van der Waals surface area (Å²) in [5.74, 6) is 4.85. The van der Waals surface area contributed by atoms with Crippen LogP contribution in [0.1, 0.15) is 17.5 Å². The summed E-state index contributed by atoms with van der Waals surface area (Å²) in [6.45, 7) is 1.30. The van der Waals surface area contributed by atoms with Crippen LogP contribution in [0.15, 0.2) is 30.3 Å². The number of fused-ring (bicyclic) bond motifs is 1. The topological polar surface area (TPSA) is 98.3 Å². The zero-order valence-electron chi connectivity index (χ0n) is 19.4. The number of carbonyl (C=O) groups is 1. The molecule has 0 bridgehead atoms. The minimum atomic E-state index is -0.693. The first-order valence-corrected chi connectivity index (χ1v) is 10.8. The lowest BCUT2D eigenvalue weighted by Crippen LogP contribution is -2.32. The molecule has 1 amide bonds. The van der Waals surface area contributed by atoms with Crippen molar-refractivity contribution in [3.05, 3.63) is 41.5 Å². The van der Waals surface area contributed by atoms with Crippen LogP contribution < -0.4 is 29.6 Å². The van der Waals surface area contributed by atoms with Crippen molar-refractivity contribution in [2.24, 2.45) is 0 Å². The molecule has 0 radical (unpaired) electrons. The van der Waals surface area contributed by atoms with E-state index in [0.717, 1.165) is 17.5 Å². The van der Waals surface area contributed by atoms with Gasteiger partial charge in [0, 0.05) is 18.5 Å². The normalized spacial score (nSPS) is 12.9. The first-order valence-electron chi connectivity index (χ1n) is 10.8. The number of aliphatic hydroxyl groups excluding tert-OH is 1. The van der Waals surface area contributed by atoms with E-state index in [1.54, 1.807) is 26.4 Å². The van der Waals surface area contributed by atoms with Crippen molar-refractivity contribution in [1.82, 2.24) is 5.32 Å². The Morgan fingerprint density at radius 1 is 1.09 bits per heavy atom. The van der Waals surface area contributed by atoms with Crippen molar-refractivity contribution < 1.29 is 28.8 Å². The fourth-order valence-corrected chi connectivity index (χ4v) is 3.59. The van der Waals surface area contributed by atoms with Crippen molar-refractivity contribution in [2.75, 3.05) is 45.8 Å². The maximum atomic E-state index is 11.8. The molecule has 1 atom stereocenters. The van der Waals surface area contributed by atoms with Crippen molar-refractivity contribution >= 4 is 24.0 Å². The average molecular weight is 491 g/mol. The molecule has 1 aliphatic rings. The Hall–Kier alpha value is -3.12. The molecule has 8 nitrogen and oxygen atoms in total. The van der Waals surface area contributed by atoms with Gasteiger partial charge in [0.1, 0.15) is 30.8 Å². The van der Waals surface area contributed by atoms with Crippen LogP contribution in [0, 0.1) is 12.3 Å². The lowest BCUT2D eigenvalue weighted by atomic mass is 10.0. The molecule has 3 rings (SSSR count). The third-order valence-corrected chi connectivity index (χ3v) is 5.26. The van der Waals surface area contributed by atoms with E-state index < -0.39 is 6.10 Å². The molecule has 2 aromatic rings. The lowest BCUT2D eigenvalue weighted by molar-refractivity contribution is -0.116. The van der Waals surface area contributed by atoms with Gasteiger partial charge >= 0.3 is 0 Å². The van der Waals surface area contributed by atoms with Gasteiger partial charge < -0.3 is 34.7 Å². The summed E-state index contributed by atoms with van der Waals surface area (Å²) in [7, 11) is 3.22. The summed E-state index contributed by atoms with van der Waals surface area (Å²) in [6.07, 6.45) is 6.25. The molecule has 3 N–H and O–H groups in total. The van der Waals surface area contributed by atoms with Crippen LogP contribution in [0.2, 0.25) is 0 Å². The Morgan fingerprint density at radius 2 is 1.82 bits per heavy atom. The molecular formula is C25H31ClN2O6. The molecule has 0 saturated carbocycles. The molecule has 184 valence electrons. The van der Waals surface area contributed by atoms with E-state index in [9.17, 15) is 9.90 Å². The fourth-order valence-electron chi connectivity index (χ4n) is 3.59. The van der Waals surface area contributed by atoms with Gasteiger partial charge in [-0.1, -0.05) is 12.0 Å². The number of ether oxygens (including phenoxy) is 4. The standard InChI is InChI=1S/C25H30N2O6.ClH/c1-4-13-32-22-9-8-20(19-6-10-24(29)27-25(19)22)33-16-18(28)15-26-12-11-17-5-7-21(30-2)23(14-17)31-3;/h1,5,7-9,14,18,26,28H,6,10-13,15-16H2,2-3H3,(H,27,29);1H.